The summed E-state index contributed by atoms with van der Waals surface area (Å²) >= 11 is 0. The lowest BCUT2D eigenvalue weighted by molar-refractivity contribution is 1.65. The van der Waals surface area contributed by atoms with E-state index in [1.165, 1.54) is 0 Å². The summed E-state index contributed by atoms with van der Waals surface area (Å²) in [6.07, 6.45) is 0. The monoisotopic (exact) mass is 521 g/mol. The molecule has 0 fully saturated rings. The molecule has 0 nitrogen and oxygen atoms in total. The molecule has 0 unspecified atom stereocenters. The zero-order valence-electron chi connectivity index (χ0n) is 35.9. The van der Waals surface area contributed by atoms with Gasteiger partial charge < -0.3 is 0 Å². The average molecular weight is 522 g/mol. The second-order valence-electron chi connectivity index (χ2n) is 9.36. The van der Waals surface area contributed by atoms with Gasteiger partial charge in [0.25, 0.3) is 0 Å². The first-order valence-electron chi connectivity index (χ1n) is 20.1. The topological polar surface area (TPSA) is 0 Å². The quantitative estimate of drug-likeness (QED) is 0.203. The summed E-state index contributed by atoms with van der Waals surface area (Å²) in [5.41, 5.74) is -0.105. The molecule has 0 N–H and O–H groups in total. The van der Waals surface area contributed by atoms with Gasteiger partial charge in [0.1, 0.15) is 0 Å². The van der Waals surface area contributed by atoms with Gasteiger partial charge in [-0.25, -0.2) is 0 Å². The van der Waals surface area contributed by atoms with E-state index < -0.39 is 84.6 Å². The first kappa shape index (κ1) is 12.3. The van der Waals surface area contributed by atoms with Crippen LogP contribution in [-0.2, 0) is 0 Å². The smallest absolute Gasteiger partial charge is 0.0622 e. The fourth-order valence-electron chi connectivity index (χ4n) is 5.46. The Morgan fingerprint density at radius 3 is 1.70 bits per heavy atom. The highest BCUT2D eigenvalue weighted by Crippen LogP contribution is 2.46. The van der Waals surface area contributed by atoms with Gasteiger partial charge in [-0.05, 0) is 82.5 Å². The number of benzene rings is 8. The Balaban J connectivity index is 1.67. The Hall–Kier alpha value is -5.20. The van der Waals surface area contributed by atoms with Gasteiger partial charge in [0.2, 0.25) is 0 Å². The Kier molecular flexibility index (Phi) is 2.84. The maximum Gasteiger partial charge on any atom is 0.0629 e. The molecule has 0 saturated heterocycles. The van der Waals surface area contributed by atoms with Crippen molar-refractivity contribution in [3.8, 4) is 33.4 Å². The van der Waals surface area contributed by atoms with Crippen molar-refractivity contribution in [2.24, 2.45) is 0 Å². The van der Waals surface area contributed by atoms with Gasteiger partial charge in [-0.2, -0.15) is 0 Å². The Labute approximate surface area is 254 Å². The van der Waals surface area contributed by atoms with Gasteiger partial charge in [-0.3, -0.25) is 0 Å². The second-order valence-corrected chi connectivity index (χ2v) is 9.36. The predicted molar refractivity (Wildman–Crippen MR) is 173 cm³/mol. The summed E-state index contributed by atoms with van der Waals surface area (Å²) in [6, 6.07) is 10.3. The van der Waals surface area contributed by atoms with Gasteiger partial charge in [0.15, 0.2) is 0 Å². The van der Waals surface area contributed by atoms with Crippen molar-refractivity contribution in [3.63, 3.8) is 0 Å². The van der Waals surface area contributed by atoms with E-state index in [1.807, 2.05) is 30.3 Å². The van der Waals surface area contributed by atoms with Crippen LogP contribution in [0.1, 0.15) is 20.6 Å². The molecule has 8 aromatic carbocycles. The van der Waals surface area contributed by atoms with E-state index >= 15 is 0 Å². The molecule has 0 heterocycles. The minimum atomic E-state index is -0.669. The zero-order valence-corrected chi connectivity index (χ0v) is 20.9. The van der Waals surface area contributed by atoms with Gasteiger partial charge >= 0.3 is 0 Å². The Morgan fingerprint density at radius 2 is 0.925 bits per heavy atom. The molecule has 0 aliphatic heterocycles. The molecule has 40 heavy (non-hydrogen) atoms. The highest BCUT2D eigenvalue weighted by molar-refractivity contribution is 6.24. The molecule has 0 radical (unpaired) electrons. The summed E-state index contributed by atoms with van der Waals surface area (Å²) < 4.78 is 134. The van der Waals surface area contributed by atoms with Gasteiger partial charge in [0, 0.05) is 0 Å². The first-order valence-corrected chi connectivity index (χ1v) is 12.6. The van der Waals surface area contributed by atoms with E-state index in [2.05, 4.69) is 0 Å². The molecular formula is C40H26. The van der Waals surface area contributed by atoms with E-state index in [4.69, 9.17) is 13.7 Å². The normalized spacial score (nSPS) is 16.8. The predicted octanol–water partition coefficient (Wildman–Crippen LogP) is 11.3. The summed E-state index contributed by atoms with van der Waals surface area (Å²) in [5, 5.41) is 1.41. The molecule has 0 aliphatic rings. The minimum Gasteiger partial charge on any atom is -0.0622 e. The lowest BCUT2D eigenvalue weighted by Gasteiger charge is -2.19. The molecule has 0 saturated carbocycles. The number of fused-ring (bicyclic) bond motifs is 4. The molecule has 0 aromatic heterocycles. The summed E-state index contributed by atoms with van der Waals surface area (Å²) in [6.45, 7) is 0. The van der Waals surface area contributed by atoms with Crippen LogP contribution in [0.2, 0.25) is 0 Å². The molecule has 0 spiro atoms. The van der Waals surface area contributed by atoms with E-state index in [9.17, 15) is 6.85 Å². The standard InChI is InChI=1S/C40H26/c1-2-13-28(14-3-1)39-35-16-6-8-18-37(35)40(38-19-9-7-17-36(38)39)34-23-11-21-32-31(20-10-22-33(32)34)30-25-24-27-12-4-5-15-29(27)26-30/h1-26H/i1D,2D,3D,6D,8D,10D,11D,13D,14D,16D,18D,20D,21D,22D,23D. The van der Waals surface area contributed by atoms with Crippen LogP contribution in [0.5, 0.6) is 0 Å². The van der Waals surface area contributed by atoms with Crippen LogP contribution in [0.15, 0.2) is 157 Å². The maximum absolute atomic E-state index is 9.37. The lowest BCUT2D eigenvalue weighted by Crippen LogP contribution is -1.92. The van der Waals surface area contributed by atoms with E-state index in [1.54, 1.807) is 36.4 Å². The summed E-state index contributed by atoms with van der Waals surface area (Å²) in [7, 11) is 0. The van der Waals surface area contributed by atoms with Crippen LogP contribution in [0.25, 0.3) is 76.5 Å². The van der Waals surface area contributed by atoms with E-state index in [-0.39, 0.29) is 66.2 Å². The highest BCUT2D eigenvalue weighted by atomic mass is 14.2. The van der Waals surface area contributed by atoms with E-state index in [0.717, 1.165) is 10.8 Å². The third kappa shape index (κ3) is 3.54. The van der Waals surface area contributed by atoms with Crippen LogP contribution in [0.3, 0.4) is 0 Å². The van der Waals surface area contributed by atoms with Crippen molar-refractivity contribution in [1.82, 2.24) is 0 Å². The minimum absolute atomic E-state index is 0.0349. The molecule has 8 rings (SSSR count). The van der Waals surface area contributed by atoms with Crippen LogP contribution in [0, 0.1) is 0 Å². The van der Waals surface area contributed by atoms with Crippen molar-refractivity contribution in [2.75, 3.05) is 0 Å². The summed E-state index contributed by atoms with van der Waals surface area (Å²) in [4.78, 5) is 0. The van der Waals surface area contributed by atoms with Crippen molar-refractivity contribution in [2.45, 2.75) is 0 Å². The third-order valence-electron chi connectivity index (χ3n) is 7.19. The number of rotatable bonds is 3. The fraction of sp³-hybridized carbons (Fsp3) is 0. The van der Waals surface area contributed by atoms with Crippen LogP contribution in [0.4, 0.5) is 0 Å². The van der Waals surface area contributed by atoms with Crippen molar-refractivity contribution in [3.05, 3.63) is 157 Å². The second kappa shape index (κ2) is 9.22. The van der Waals surface area contributed by atoms with Crippen molar-refractivity contribution >= 4 is 43.1 Å². The fourth-order valence-corrected chi connectivity index (χ4v) is 5.46. The molecule has 186 valence electrons. The van der Waals surface area contributed by atoms with Crippen LogP contribution < -0.4 is 0 Å². The largest absolute Gasteiger partial charge is 0.0629 e. The third-order valence-corrected chi connectivity index (χ3v) is 7.19. The molecule has 0 aliphatic carbocycles. The van der Waals surface area contributed by atoms with E-state index in [0.29, 0.717) is 5.56 Å². The van der Waals surface area contributed by atoms with Crippen LogP contribution >= 0.6 is 0 Å². The lowest BCUT2D eigenvalue weighted by atomic mass is 9.84. The SMILES string of the molecule is [2H]c1c([2H])c([2H])c(-c2c3ccccc3c(-c3c([2H])c([2H])c([2H])c4c(-c5ccc6ccccc6c5)c([2H])c([2H])c([2H])c34)c3c([2H])c([2H])c([2H])c([2H])c23)c([2H])c1[2H]. The number of hydrogen-bond donors (Lipinski definition) is 0. The van der Waals surface area contributed by atoms with Gasteiger partial charge in [-0.1, -0.05) is 151 Å². The molecule has 0 atom stereocenters. The Morgan fingerprint density at radius 1 is 0.350 bits per heavy atom. The molecule has 0 amide bonds. The first-order chi connectivity index (χ1) is 26.1. The van der Waals surface area contributed by atoms with Crippen LogP contribution in [-0.4, -0.2) is 0 Å². The van der Waals surface area contributed by atoms with Crippen molar-refractivity contribution < 1.29 is 20.6 Å². The number of hydrogen-bond acceptors (Lipinski definition) is 0. The van der Waals surface area contributed by atoms with Crippen molar-refractivity contribution in [1.29, 1.82) is 0 Å². The summed E-state index contributed by atoms with van der Waals surface area (Å²) in [5.74, 6) is 0. The maximum atomic E-state index is 9.37. The Bertz CT molecular complexity index is 3010. The average Bonchev–Trinajstić information content (AvgIpc) is 3.19. The van der Waals surface area contributed by atoms with Gasteiger partial charge in [0.05, 0.1) is 20.6 Å². The molecular weight excluding hydrogens is 480 g/mol. The van der Waals surface area contributed by atoms with Gasteiger partial charge in [-0.15, -0.1) is 0 Å². The zero-order chi connectivity index (χ0) is 39.5. The molecule has 0 heteroatoms. The molecule has 0 bridgehead atoms. The highest BCUT2D eigenvalue weighted by Gasteiger charge is 2.18. The molecule has 8 aromatic rings.